The number of amides is 2. The highest BCUT2D eigenvalue weighted by molar-refractivity contribution is 6.31. The van der Waals surface area contributed by atoms with Crippen molar-refractivity contribution in [3.63, 3.8) is 0 Å². The molecule has 10 aromatic rings. The minimum absolute atomic E-state index is 0.0659. The van der Waals surface area contributed by atoms with Gasteiger partial charge in [-0.25, -0.2) is 13.8 Å². The maximum absolute atomic E-state index is 13.4. The van der Waals surface area contributed by atoms with E-state index in [-0.39, 0.29) is 34.3 Å². The number of halogens is 6. The molecule has 2 unspecified atom stereocenters. The van der Waals surface area contributed by atoms with Gasteiger partial charge in [-0.1, -0.05) is 156 Å². The molecule has 26 heteroatoms. The van der Waals surface area contributed by atoms with Crippen LogP contribution in [0.5, 0.6) is 5.75 Å². The fourth-order valence-electron chi connectivity index (χ4n) is 22.1. The number of likely N-dealkylation sites (tertiary alicyclic amines) is 9. The Balaban J connectivity index is 0.000000142. The number of aliphatic hydroxyl groups is 2. The third-order valence-corrected chi connectivity index (χ3v) is 32.9. The summed E-state index contributed by atoms with van der Waals surface area (Å²) >= 11 is 23.5. The normalized spacial score (nSPS) is 24.5. The van der Waals surface area contributed by atoms with Crippen molar-refractivity contribution in [1.29, 1.82) is 0 Å². The highest BCUT2D eigenvalue weighted by Gasteiger charge is 2.46. The monoisotopic (exact) mass is 2010 g/mol. The van der Waals surface area contributed by atoms with E-state index in [1.165, 1.54) is 118 Å². The largest absolute Gasteiger partial charge is 0.508 e. The van der Waals surface area contributed by atoms with Crippen LogP contribution in [0.3, 0.4) is 0 Å². The molecule has 0 bridgehead atoms. The van der Waals surface area contributed by atoms with Gasteiger partial charge >= 0.3 is 0 Å². The summed E-state index contributed by atoms with van der Waals surface area (Å²) in [5.41, 5.74) is 9.68. The molecule has 766 valence electrons. The second kappa shape index (κ2) is 52.2. The van der Waals surface area contributed by atoms with E-state index in [4.69, 9.17) is 50.9 Å². The third kappa shape index (κ3) is 31.4. The molecule has 0 radical (unpaired) electrons. The first kappa shape index (κ1) is 112. The molecule has 9 fully saturated rings. The van der Waals surface area contributed by atoms with Crippen LogP contribution < -0.4 is 10.2 Å². The molecule has 12 heterocycles. The quantitative estimate of drug-likeness (QED) is 0.107. The topological polar surface area (TPSA) is 183 Å². The number of hydrogen-bond donors (Lipinski definition) is 4. The molecule has 10 aliphatic heterocycles. The second-order valence-corrected chi connectivity index (χ2v) is 44.2. The minimum atomic E-state index is -0.681. The summed E-state index contributed by atoms with van der Waals surface area (Å²) in [6.07, 6.45) is 24.2. The summed E-state index contributed by atoms with van der Waals surface area (Å²) in [7, 11) is 19.3. The summed E-state index contributed by atoms with van der Waals surface area (Å²) in [4.78, 5) is 50.2. The van der Waals surface area contributed by atoms with Crippen LogP contribution in [-0.2, 0) is 37.2 Å². The standard InChI is InChI=1S/C15H20N2O.C14H20ClN.C14H19FN2O.C14H21NO.C13H18ClNO.C13H15FN2O.C12H16ClN.C11H14ClNO.C9H15N3/c1-12(18)17-11-15(7-9-16(2)10-8-15)13-5-3-4-6-14(13)17;1-10-8-13(9-11(2)16(10)3)12-4-6-14(15)7-5-12;1-11(18)16-14(6-8-17(2)9-7-14)12-4-3-5-13(15)10-12;1-11-10-15(3)8-7-14(11,2)12-5-4-6-13(16)9-12;1-15-9-2-7-13(16,8-10-15)11-3-5-12(14)6-4-11;1-16-6-4-9(5-7-16)13-11-3-2-10(14)8-12(11)17-15-13;1-14-8-6-11(7-9-14)10-2-4-12(13)5-3-10;1-13-7-6-11(14,8-13)9-2-4-10(12)5-3-9;1-11-5-2-9(3-6-11)12-7-4-10-8-12/h3-6H,7-11H2,1-2H3;4-7,10-11,13H,8-9H2,1-3H3;3-5,10H,6-9H2,1-2H3,(H,16,18);4-6,9,11,16H,7-8,10H2,1-3H3;3-6,16H,2,7-10H2,1H3;2-3,8-9H,4-7H2,1H3;2-5,11H,6-9H2,1H3;2-5,14H,6-8H2,1H3;4,7-9H,2-3,5-6H2,1H3/t;10-,11+,13?;;11-,14-;13-;;;;/m...11..../s1. The summed E-state index contributed by atoms with van der Waals surface area (Å²) in [5.74, 6) is 2.44. The Labute approximate surface area is 860 Å². The molecule has 0 aliphatic carbocycles. The maximum atomic E-state index is 13.4. The fourth-order valence-corrected chi connectivity index (χ4v) is 22.6. The molecule has 2 amide bonds. The molecular formula is C115H158Cl4F2N14O6. The molecule has 20 rings (SSSR count). The minimum Gasteiger partial charge on any atom is -0.508 e. The van der Waals surface area contributed by atoms with Crippen LogP contribution in [-0.4, -0.2) is 273 Å². The van der Waals surface area contributed by atoms with Crippen LogP contribution in [0, 0.1) is 17.6 Å². The van der Waals surface area contributed by atoms with Crippen LogP contribution in [0.15, 0.2) is 211 Å². The van der Waals surface area contributed by atoms with Crippen molar-refractivity contribution in [1.82, 2.24) is 64.1 Å². The van der Waals surface area contributed by atoms with Crippen LogP contribution in [0.2, 0.25) is 20.1 Å². The molecule has 1 spiro atoms. The van der Waals surface area contributed by atoms with Crippen molar-refractivity contribution >= 4 is 74.9 Å². The van der Waals surface area contributed by atoms with Gasteiger partial charge in [-0.2, -0.15) is 0 Å². The van der Waals surface area contributed by atoms with E-state index < -0.39 is 16.7 Å². The van der Waals surface area contributed by atoms with Crippen LogP contribution >= 0.6 is 46.4 Å². The summed E-state index contributed by atoms with van der Waals surface area (Å²) in [6.45, 7) is 30.3. The Morgan fingerprint density at radius 1 is 0.461 bits per heavy atom. The van der Waals surface area contributed by atoms with E-state index in [1.807, 2.05) is 122 Å². The van der Waals surface area contributed by atoms with Crippen molar-refractivity contribution in [2.24, 2.45) is 5.92 Å². The lowest BCUT2D eigenvalue weighted by Crippen LogP contribution is -2.51. The Morgan fingerprint density at radius 2 is 0.943 bits per heavy atom. The van der Waals surface area contributed by atoms with Gasteiger partial charge in [-0.15, -0.1) is 0 Å². The molecule has 8 aromatic carbocycles. The number of phenolic OH excluding ortho intramolecular Hbond substituents is 1. The zero-order valence-corrected chi connectivity index (χ0v) is 89.4. The Kier molecular flexibility index (Phi) is 41.3. The first-order valence-corrected chi connectivity index (χ1v) is 52.7. The number of nitrogens with one attached hydrogen (secondary N) is 1. The molecule has 10 aliphatic rings. The summed E-state index contributed by atoms with van der Waals surface area (Å²) in [5, 5.41) is 41.8. The summed E-state index contributed by atoms with van der Waals surface area (Å²) < 4.78 is 33.9. The highest BCUT2D eigenvalue weighted by atomic mass is 35.5. The average molecular weight is 2010 g/mol. The molecule has 4 N–H and O–H groups in total. The third-order valence-electron chi connectivity index (χ3n) is 31.9. The summed E-state index contributed by atoms with van der Waals surface area (Å²) in [6, 6.07) is 61.1. The number of aromatic nitrogens is 3. The number of benzene rings is 8. The number of nitrogens with zero attached hydrogens (tertiary/aromatic N) is 13. The molecule has 0 saturated carbocycles. The van der Waals surface area contributed by atoms with E-state index in [9.17, 15) is 33.7 Å². The van der Waals surface area contributed by atoms with E-state index in [0.717, 1.165) is 204 Å². The number of rotatable bonds is 9. The number of para-hydroxylation sites is 1. The number of imidazole rings is 1. The zero-order chi connectivity index (χ0) is 101. The number of anilines is 1. The Bertz CT molecular complexity index is 5460. The number of carbonyl (C=O) groups excluding carboxylic acids is 2. The van der Waals surface area contributed by atoms with Crippen LogP contribution in [0.4, 0.5) is 14.5 Å². The predicted octanol–water partition coefficient (Wildman–Crippen LogP) is 22.0. The van der Waals surface area contributed by atoms with Gasteiger partial charge in [0, 0.05) is 139 Å². The Morgan fingerprint density at radius 3 is 1.48 bits per heavy atom. The first-order valence-electron chi connectivity index (χ1n) is 51.2. The first-order chi connectivity index (χ1) is 67.3. The maximum Gasteiger partial charge on any atom is 0.223 e. The van der Waals surface area contributed by atoms with Gasteiger partial charge in [0.1, 0.15) is 23.0 Å². The lowest BCUT2D eigenvalue weighted by molar-refractivity contribution is -0.121. The number of fused-ring (bicyclic) bond motifs is 3. The zero-order valence-electron chi connectivity index (χ0n) is 86.4. The van der Waals surface area contributed by atoms with E-state index in [0.29, 0.717) is 58.8 Å². The number of β-amino-alcohol motifs (C(OH)–C–C–N with tert-alkyl or cyclic N) is 1. The van der Waals surface area contributed by atoms with E-state index in [2.05, 4.69) is 203 Å². The molecular weight excluding hydrogens is 1850 g/mol. The number of hydrogen-bond acceptors (Lipinski definition) is 17. The van der Waals surface area contributed by atoms with Crippen molar-refractivity contribution in [3.05, 3.63) is 283 Å². The van der Waals surface area contributed by atoms with Gasteiger partial charge in [0.25, 0.3) is 0 Å². The fraction of sp³-hybridized carbons (Fsp3) is 0.530. The Hall–Kier alpha value is -8.24. The van der Waals surface area contributed by atoms with Crippen molar-refractivity contribution < 1.29 is 38.2 Å². The predicted molar refractivity (Wildman–Crippen MR) is 575 cm³/mol. The van der Waals surface area contributed by atoms with Gasteiger partial charge < -0.3 is 78.7 Å². The SMILES string of the molecule is CC(=O)N1CC2(CCN(C)CC2)c2ccccc21.CC(=O)NC1(c2cccc(F)c2)CCN(C)CC1.CN1CCC(O)(c2ccc(Cl)cc2)C1.CN1CCC(c2ccc(Cl)cc2)CC1.CN1CCC(c2noc3cc(F)ccc23)CC1.CN1CCC(n2ccnc2)CC1.CN1CCC[C@](O)(c2ccc(Cl)cc2)CC1.C[C@@H]1CC(c2ccc(Cl)cc2)C[C@H](C)N1C.C[C@@H]1CN(C)CC[C@@]1(C)c1cccc(O)c1. The second-order valence-electron chi connectivity index (χ2n) is 42.4. The molecule has 7 atom stereocenters. The highest BCUT2D eigenvalue weighted by Crippen LogP contribution is 2.48. The molecule has 2 aromatic heterocycles. The smallest absolute Gasteiger partial charge is 0.223 e. The van der Waals surface area contributed by atoms with Gasteiger partial charge in [-0.3, -0.25) is 9.59 Å². The van der Waals surface area contributed by atoms with Crippen LogP contribution in [0.25, 0.3) is 11.0 Å². The lowest BCUT2D eigenvalue weighted by atomic mass is 9.68. The van der Waals surface area contributed by atoms with Crippen molar-refractivity contribution in [2.75, 3.05) is 180 Å². The number of aromatic hydroxyl groups is 1. The molecule has 20 nitrogen and oxygen atoms in total. The molecule has 9 saturated heterocycles. The van der Waals surface area contributed by atoms with E-state index >= 15 is 0 Å². The molecule has 141 heavy (non-hydrogen) atoms. The average Bonchev–Trinajstić information content (AvgIpc) is 1.59. The number of phenols is 1. The van der Waals surface area contributed by atoms with Crippen LogP contribution in [0.1, 0.15) is 219 Å². The van der Waals surface area contributed by atoms with Gasteiger partial charge in [0.05, 0.1) is 23.2 Å². The van der Waals surface area contributed by atoms with E-state index in [1.54, 1.807) is 25.1 Å². The van der Waals surface area contributed by atoms with Gasteiger partial charge in [0.15, 0.2) is 5.58 Å². The van der Waals surface area contributed by atoms with Crippen molar-refractivity contribution in [2.45, 2.75) is 214 Å². The number of piperidine rings is 7. The van der Waals surface area contributed by atoms with Gasteiger partial charge in [0.2, 0.25) is 11.8 Å². The lowest BCUT2D eigenvalue weighted by Gasteiger charge is -2.44. The van der Waals surface area contributed by atoms with Gasteiger partial charge in [-0.05, 0) is 405 Å². The number of carbonyl (C=O) groups is 2. The number of likely N-dealkylation sites (N-methyl/N-ethyl adjacent to an activating group) is 1. The van der Waals surface area contributed by atoms with Crippen molar-refractivity contribution in [3.8, 4) is 5.75 Å².